The Labute approximate surface area is 193 Å². The van der Waals surface area contributed by atoms with E-state index in [-0.39, 0.29) is 11.6 Å². The lowest BCUT2D eigenvalue weighted by atomic mass is 9.90. The molecule has 0 bridgehead atoms. The molecule has 0 aliphatic carbocycles. The maximum atomic E-state index is 12.3. The number of nitrogen functional groups attached to an aromatic ring is 1. The molecule has 1 saturated heterocycles. The van der Waals surface area contributed by atoms with Crippen molar-refractivity contribution >= 4 is 41.0 Å². The van der Waals surface area contributed by atoms with Crippen molar-refractivity contribution < 1.29 is 9.53 Å². The van der Waals surface area contributed by atoms with Gasteiger partial charge in [-0.15, -0.1) is 0 Å². The third-order valence-electron chi connectivity index (χ3n) is 5.64. The van der Waals surface area contributed by atoms with Crippen LogP contribution in [0.4, 0.5) is 16.3 Å². The summed E-state index contributed by atoms with van der Waals surface area (Å²) in [6.07, 6.45) is 5.52. The third kappa shape index (κ3) is 6.17. The number of hydrogen-bond donors (Lipinski definition) is 2. The maximum Gasteiger partial charge on any atom is 0.408 e. The highest BCUT2D eigenvalue weighted by Crippen LogP contribution is 2.35. The van der Waals surface area contributed by atoms with Crippen LogP contribution in [0, 0.1) is 0 Å². The Morgan fingerprint density at radius 1 is 1.32 bits per heavy atom. The molecular formula is C22H30ClN5O2S. The number of benzene rings is 1. The first-order valence-corrected chi connectivity index (χ1v) is 11.6. The normalized spacial score (nSPS) is 16.1. The highest BCUT2D eigenvalue weighted by Gasteiger charge is 2.34. The van der Waals surface area contributed by atoms with Crippen LogP contribution in [0.1, 0.15) is 47.0 Å². The molecule has 1 aliphatic heterocycles. The number of nitrogens with two attached hydrogens (primary N) is 1. The van der Waals surface area contributed by atoms with E-state index in [1.54, 1.807) is 18.5 Å². The second kappa shape index (κ2) is 9.53. The number of piperidine rings is 1. The van der Waals surface area contributed by atoms with Crippen molar-refractivity contribution in [3.8, 4) is 0 Å². The molecule has 9 heteroatoms. The van der Waals surface area contributed by atoms with E-state index in [1.807, 2.05) is 32.9 Å². The maximum absolute atomic E-state index is 12.3. The minimum Gasteiger partial charge on any atom is -0.444 e. The van der Waals surface area contributed by atoms with Crippen LogP contribution in [0.15, 0.2) is 40.5 Å². The molecule has 168 valence electrons. The molecule has 1 amide bonds. The number of hydrogen-bond acceptors (Lipinski definition) is 7. The Hall–Kier alpha value is -2.19. The quantitative estimate of drug-likeness (QED) is 0.573. The van der Waals surface area contributed by atoms with Crippen molar-refractivity contribution in [3.05, 3.63) is 35.6 Å². The number of anilines is 2. The van der Waals surface area contributed by atoms with Crippen LogP contribution < -0.4 is 16.0 Å². The van der Waals surface area contributed by atoms with Crippen LogP contribution in [-0.2, 0) is 4.74 Å². The van der Waals surface area contributed by atoms with Crippen LogP contribution in [0.25, 0.3) is 0 Å². The van der Waals surface area contributed by atoms with Crippen molar-refractivity contribution in [2.24, 2.45) is 0 Å². The number of carbonyl (C=O) groups excluding carboxylic acids is 1. The van der Waals surface area contributed by atoms with Crippen molar-refractivity contribution in [2.75, 3.05) is 23.7 Å². The molecule has 3 N–H and O–H groups in total. The molecular weight excluding hydrogens is 434 g/mol. The van der Waals surface area contributed by atoms with E-state index >= 15 is 0 Å². The molecule has 1 aromatic carbocycles. The van der Waals surface area contributed by atoms with Gasteiger partial charge in [0.25, 0.3) is 0 Å². The minimum absolute atomic E-state index is 0.301. The van der Waals surface area contributed by atoms with E-state index in [0.29, 0.717) is 10.7 Å². The Kier molecular flexibility index (Phi) is 7.21. The zero-order chi connectivity index (χ0) is 22.6. The number of nitrogens with zero attached hydrogens (tertiary/aromatic N) is 3. The summed E-state index contributed by atoms with van der Waals surface area (Å²) in [5.74, 6) is 0.819. The van der Waals surface area contributed by atoms with Gasteiger partial charge in [-0.1, -0.05) is 36.4 Å². The summed E-state index contributed by atoms with van der Waals surface area (Å²) in [6.45, 7) is 9.44. The lowest BCUT2D eigenvalue weighted by molar-refractivity contribution is 0.0295. The zero-order valence-corrected chi connectivity index (χ0v) is 20.0. The van der Waals surface area contributed by atoms with E-state index in [2.05, 4.69) is 27.1 Å². The van der Waals surface area contributed by atoms with Gasteiger partial charge in [0.1, 0.15) is 16.4 Å². The molecule has 0 atom stereocenters. The third-order valence-corrected chi connectivity index (χ3v) is 7.15. The van der Waals surface area contributed by atoms with Gasteiger partial charge in [-0.3, -0.25) is 0 Å². The monoisotopic (exact) mass is 463 g/mol. The summed E-state index contributed by atoms with van der Waals surface area (Å²) in [5, 5.41) is 4.33. The summed E-state index contributed by atoms with van der Waals surface area (Å²) >= 11 is 7.69. The number of ether oxygens (including phenoxy) is 1. The van der Waals surface area contributed by atoms with E-state index in [1.165, 1.54) is 11.8 Å². The van der Waals surface area contributed by atoms with Crippen molar-refractivity contribution in [1.82, 2.24) is 15.3 Å². The molecule has 0 spiro atoms. The van der Waals surface area contributed by atoms with Gasteiger partial charge in [0.15, 0.2) is 0 Å². The smallest absolute Gasteiger partial charge is 0.408 e. The summed E-state index contributed by atoms with van der Waals surface area (Å²) in [6, 6.07) is 5.54. The second-order valence-electron chi connectivity index (χ2n) is 8.65. The molecule has 7 nitrogen and oxygen atoms in total. The molecule has 0 saturated carbocycles. The first-order chi connectivity index (χ1) is 14.6. The van der Waals surface area contributed by atoms with E-state index in [4.69, 9.17) is 22.1 Å². The lowest BCUT2D eigenvalue weighted by Crippen LogP contribution is -2.54. The molecule has 1 aliphatic rings. The Morgan fingerprint density at radius 2 is 2.03 bits per heavy atom. The highest BCUT2D eigenvalue weighted by molar-refractivity contribution is 7.99. The highest BCUT2D eigenvalue weighted by atomic mass is 35.5. The summed E-state index contributed by atoms with van der Waals surface area (Å²) in [5.41, 5.74) is 5.64. The minimum atomic E-state index is -0.466. The van der Waals surface area contributed by atoms with Gasteiger partial charge >= 0.3 is 6.09 Å². The molecule has 0 unspecified atom stereocenters. The van der Waals surface area contributed by atoms with Crippen LogP contribution in [0.2, 0.25) is 5.02 Å². The summed E-state index contributed by atoms with van der Waals surface area (Å²) in [4.78, 5) is 24.4. The lowest BCUT2D eigenvalue weighted by Gasteiger charge is -2.40. The van der Waals surface area contributed by atoms with E-state index < -0.39 is 5.60 Å². The van der Waals surface area contributed by atoms with Crippen molar-refractivity contribution in [3.63, 3.8) is 0 Å². The first-order valence-electron chi connectivity index (χ1n) is 10.4. The average Bonchev–Trinajstić information content (AvgIpc) is 2.72. The van der Waals surface area contributed by atoms with Gasteiger partial charge in [-0.25, -0.2) is 14.8 Å². The van der Waals surface area contributed by atoms with Gasteiger partial charge < -0.3 is 20.7 Å². The van der Waals surface area contributed by atoms with Gasteiger partial charge in [0, 0.05) is 23.5 Å². The predicted molar refractivity (Wildman–Crippen MR) is 126 cm³/mol. The number of aromatic nitrogens is 2. The fraction of sp³-hybridized carbons (Fsp3) is 0.500. The number of alkyl carbamates (subject to hydrolysis) is 1. The predicted octanol–water partition coefficient (Wildman–Crippen LogP) is 5.14. The summed E-state index contributed by atoms with van der Waals surface area (Å²) < 4.78 is 5.54. The van der Waals surface area contributed by atoms with Crippen LogP contribution >= 0.6 is 23.4 Å². The SMILES string of the molecule is CCC(C)(C)OC(=O)NC1(C)CCN(c2cnc(Sc3cccc(N)c3Cl)cn2)CC1. The van der Waals surface area contributed by atoms with Gasteiger partial charge in [0.2, 0.25) is 0 Å². The fourth-order valence-corrected chi connectivity index (χ4v) is 4.23. The Bertz CT molecular complexity index is 915. The number of halogens is 1. The van der Waals surface area contributed by atoms with E-state index in [9.17, 15) is 4.79 Å². The summed E-state index contributed by atoms with van der Waals surface area (Å²) in [7, 11) is 0. The van der Waals surface area contributed by atoms with Crippen molar-refractivity contribution in [1.29, 1.82) is 0 Å². The molecule has 0 radical (unpaired) electrons. The molecule has 3 rings (SSSR count). The Morgan fingerprint density at radius 3 is 2.65 bits per heavy atom. The Balaban J connectivity index is 1.56. The van der Waals surface area contributed by atoms with Gasteiger partial charge in [0.05, 0.1) is 23.1 Å². The largest absolute Gasteiger partial charge is 0.444 e. The standard InChI is InChI=1S/C22H30ClN5O2S/c1-5-21(2,3)30-20(29)27-22(4)9-11-28(12-10-22)17-13-26-18(14-25-17)31-16-8-6-7-15(24)19(16)23/h6-8,13-14H,5,9-12,24H2,1-4H3,(H,27,29). The van der Waals surface area contributed by atoms with Gasteiger partial charge in [-0.2, -0.15) is 0 Å². The number of carbonyl (C=O) groups is 1. The average molecular weight is 464 g/mol. The first kappa shape index (κ1) is 23.5. The van der Waals surface area contributed by atoms with Gasteiger partial charge in [-0.05, 0) is 52.2 Å². The van der Waals surface area contributed by atoms with Crippen molar-refractivity contribution in [2.45, 2.75) is 68.0 Å². The van der Waals surface area contributed by atoms with Crippen LogP contribution in [0.3, 0.4) is 0 Å². The number of rotatable bonds is 6. The molecule has 2 aromatic rings. The van der Waals surface area contributed by atoms with Crippen LogP contribution in [-0.4, -0.2) is 40.3 Å². The number of nitrogens with one attached hydrogen (secondary N) is 1. The molecule has 1 fully saturated rings. The van der Waals surface area contributed by atoms with E-state index in [0.717, 1.165) is 48.1 Å². The zero-order valence-electron chi connectivity index (χ0n) is 18.4. The molecule has 1 aromatic heterocycles. The second-order valence-corrected chi connectivity index (χ2v) is 10.1. The molecule has 2 heterocycles. The molecule has 31 heavy (non-hydrogen) atoms. The van der Waals surface area contributed by atoms with Crippen LogP contribution in [0.5, 0.6) is 0 Å². The topological polar surface area (TPSA) is 93.4 Å². The number of amides is 1. The fourth-order valence-electron chi connectivity index (χ4n) is 3.19.